The van der Waals surface area contributed by atoms with Crippen LogP contribution >= 0.6 is 0 Å². The summed E-state index contributed by atoms with van der Waals surface area (Å²) in [5.41, 5.74) is 2.89. The van der Waals surface area contributed by atoms with E-state index in [1.807, 2.05) is 30.1 Å². The second-order valence-corrected chi connectivity index (χ2v) is 5.99. The molecule has 1 heterocycles. The van der Waals surface area contributed by atoms with Gasteiger partial charge in [-0.2, -0.15) is 0 Å². The van der Waals surface area contributed by atoms with Crippen molar-refractivity contribution in [1.29, 1.82) is 0 Å². The molecular formula is C18H23NO4. The van der Waals surface area contributed by atoms with Crippen LogP contribution in [-0.2, 0) is 24.5 Å². The summed E-state index contributed by atoms with van der Waals surface area (Å²) < 4.78 is 9.86. The number of para-hydroxylation sites is 1. The van der Waals surface area contributed by atoms with Crippen LogP contribution in [0.4, 0.5) is 5.69 Å². The average Bonchev–Trinajstić information content (AvgIpc) is 2.72. The first-order valence-electron chi connectivity index (χ1n) is 7.69. The summed E-state index contributed by atoms with van der Waals surface area (Å²) in [5, 5.41) is 0. The van der Waals surface area contributed by atoms with Crippen LogP contribution in [0.2, 0.25) is 0 Å². The quantitative estimate of drug-likeness (QED) is 0.596. The highest BCUT2D eigenvalue weighted by Crippen LogP contribution is 2.46. The van der Waals surface area contributed by atoms with E-state index in [0.717, 1.165) is 11.4 Å². The highest BCUT2D eigenvalue weighted by atomic mass is 16.6. The molecule has 1 aliphatic heterocycles. The van der Waals surface area contributed by atoms with Gasteiger partial charge in [0.25, 0.3) is 0 Å². The van der Waals surface area contributed by atoms with Crippen LogP contribution in [0.25, 0.3) is 0 Å². The predicted molar refractivity (Wildman–Crippen MR) is 88.4 cm³/mol. The largest absolute Gasteiger partial charge is 0.456 e. The molecule has 1 aliphatic rings. The molecule has 0 atom stereocenters. The van der Waals surface area contributed by atoms with E-state index in [9.17, 15) is 9.59 Å². The van der Waals surface area contributed by atoms with Crippen molar-refractivity contribution in [1.82, 2.24) is 0 Å². The zero-order chi connectivity index (χ0) is 17.0. The number of benzene rings is 1. The van der Waals surface area contributed by atoms with Crippen molar-refractivity contribution in [2.45, 2.75) is 26.2 Å². The first kappa shape index (κ1) is 17.2. The summed E-state index contributed by atoms with van der Waals surface area (Å²) in [6.45, 7) is 5.99. The number of nitrogens with zero attached hydrogens (tertiary/aromatic N) is 1. The highest BCUT2D eigenvalue weighted by molar-refractivity contribution is 5.94. The zero-order valence-electron chi connectivity index (χ0n) is 14.1. The van der Waals surface area contributed by atoms with E-state index in [2.05, 4.69) is 19.9 Å². The standard InChI is InChI=1S/C18H23NO4/c1-5-22-12-17(21)23-11-13(20)10-16-18(2,3)14-8-6-7-9-15(14)19(16)4/h6-10H,5,11-12H2,1-4H3/b16-10+. The maximum absolute atomic E-state index is 12.1. The van der Waals surface area contributed by atoms with Gasteiger partial charge in [-0.3, -0.25) is 4.79 Å². The molecule has 0 amide bonds. The third-order valence-corrected chi connectivity index (χ3v) is 4.04. The Hall–Kier alpha value is -2.14. The minimum atomic E-state index is -0.527. The molecule has 23 heavy (non-hydrogen) atoms. The number of allylic oxidation sites excluding steroid dienone is 1. The second kappa shape index (κ2) is 6.96. The van der Waals surface area contributed by atoms with Crippen LogP contribution in [-0.4, -0.2) is 38.6 Å². The molecule has 0 saturated heterocycles. The number of esters is 1. The van der Waals surface area contributed by atoms with Gasteiger partial charge in [-0.1, -0.05) is 32.0 Å². The Morgan fingerprint density at radius 3 is 2.57 bits per heavy atom. The maximum Gasteiger partial charge on any atom is 0.332 e. The topological polar surface area (TPSA) is 55.8 Å². The van der Waals surface area contributed by atoms with Gasteiger partial charge in [-0.25, -0.2) is 4.79 Å². The lowest BCUT2D eigenvalue weighted by Gasteiger charge is -2.23. The number of carbonyl (C=O) groups excluding carboxylic acids is 2. The van der Waals surface area contributed by atoms with Crippen molar-refractivity contribution in [3.05, 3.63) is 41.6 Å². The molecule has 5 heteroatoms. The Morgan fingerprint density at radius 2 is 1.91 bits per heavy atom. The maximum atomic E-state index is 12.1. The smallest absolute Gasteiger partial charge is 0.332 e. The number of ether oxygens (including phenoxy) is 2. The fraction of sp³-hybridized carbons (Fsp3) is 0.444. The van der Waals surface area contributed by atoms with Gasteiger partial charge >= 0.3 is 5.97 Å². The van der Waals surface area contributed by atoms with Crippen molar-refractivity contribution < 1.29 is 19.1 Å². The molecule has 1 aromatic rings. The van der Waals surface area contributed by atoms with E-state index in [0.29, 0.717) is 6.61 Å². The average molecular weight is 317 g/mol. The molecule has 0 radical (unpaired) electrons. The van der Waals surface area contributed by atoms with Crippen molar-refractivity contribution in [2.24, 2.45) is 0 Å². The molecule has 0 spiro atoms. The summed E-state index contributed by atoms with van der Waals surface area (Å²) in [6, 6.07) is 8.07. The zero-order valence-corrected chi connectivity index (χ0v) is 14.1. The number of anilines is 1. The molecule has 124 valence electrons. The van der Waals surface area contributed by atoms with Crippen molar-refractivity contribution in [3.63, 3.8) is 0 Å². The SMILES string of the molecule is CCOCC(=O)OCC(=O)/C=C1/N(C)c2ccccc2C1(C)C. The number of hydrogen-bond donors (Lipinski definition) is 0. The fourth-order valence-electron chi connectivity index (χ4n) is 2.83. The van der Waals surface area contributed by atoms with Crippen molar-refractivity contribution in [3.8, 4) is 0 Å². The van der Waals surface area contributed by atoms with Crippen LogP contribution in [0.1, 0.15) is 26.3 Å². The summed E-state index contributed by atoms with van der Waals surface area (Å²) >= 11 is 0. The third-order valence-electron chi connectivity index (χ3n) is 4.04. The Morgan fingerprint density at radius 1 is 1.22 bits per heavy atom. The predicted octanol–water partition coefficient (Wildman–Crippen LogP) is 2.45. The first-order chi connectivity index (χ1) is 10.9. The number of likely N-dealkylation sites (N-methyl/N-ethyl adjacent to an activating group) is 1. The lowest BCUT2D eigenvalue weighted by Crippen LogP contribution is -2.25. The number of carbonyl (C=O) groups is 2. The van der Waals surface area contributed by atoms with Crippen LogP contribution in [0.5, 0.6) is 0 Å². The van der Waals surface area contributed by atoms with Gasteiger partial charge in [0.15, 0.2) is 12.4 Å². The van der Waals surface area contributed by atoms with E-state index in [1.54, 1.807) is 13.0 Å². The van der Waals surface area contributed by atoms with Crippen LogP contribution < -0.4 is 4.90 Å². The van der Waals surface area contributed by atoms with Gasteiger partial charge in [0.1, 0.15) is 6.61 Å². The van der Waals surface area contributed by atoms with Gasteiger partial charge in [0.05, 0.1) is 0 Å². The molecule has 1 aromatic carbocycles. The van der Waals surface area contributed by atoms with Crippen LogP contribution in [0.15, 0.2) is 36.0 Å². The van der Waals surface area contributed by atoms with E-state index in [4.69, 9.17) is 9.47 Å². The Bertz CT molecular complexity index is 634. The van der Waals surface area contributed by atoms with E-state index >= 15 is 0 Å². The number of hydrogen-bond acceptors (Lipinski definition) is 5. The minimum Gasteiger partial charge on any atom is -0.456 e. The summed E-state index contributed by atoms with van der Waals surface area (Å²) in [6.07, 6.45) is 1.56. The normalized spacial score (nSPS) is 17.2. The van der Waals surface area contributed by atoms with Crippen LogP contribution in [0, 0.1) is 0 Å². The second-order valence-electron chi connectivity index (χ2n) is 5.99. The fourth-order valence-corrected chi connectivity index (χ4v) is 2.83. The van der Waals surface area contributed by atoms with E-state index < -0.39 is 5.97 Å². The third kappa shape index (κ3) is 3.62. The molecule has 0 fully saturated rings. The Balaban J connectivity index is 2.08. The van der Waals surface area contributed by atoms with Gasteiger partial charge < -0.3 is 14.4 Å². The first-order valence-corrected chi connectivity index (χ1v) is 7.69. The van der Waals surface area contributed by atoms with Crippen molar-refractivity contribution in [2.75, 3.05) is 31.8 Å². The summed E-state index contributed by atoms with van der Waals surface area (Å²) in [5.74, 6) is -0.765. The monoisotopic (exact) mass is 317 g/mol. The molecule has 0 unspecified atom stereocenters. The Labute approximate surface area is 136 Å². The van der Waals surface area contributed by atoms with E-state index in [1.165, 1.54) is 5.56 Å². The number of rotatable bonds is 6. The molecule has 0 aliphatic carbocycles. The number of ketones is 1. The van der Waals surface area contributed by atoms with Crippen molar-refractivity contribution >= 4 is 17.4 Å². The molecule has 2 rings (SSSR count). The molecule has 0 bridgehead atoms. The van der Waals surface area contributed by atoms with Gasteiger partial charge in [0, 0.05) is 36.5 Å². The van der Waals surface area contributed by atoms with Gasteiger partial charge in [0.2, 0.25) is 0 Å². The number of fused-ring (bicyclic) bond motifs is 1. The Kier molecular flexibility index (Phi) is 5.21. The summed E-state index contributed by atoms with van der Waals surface area (Å²) in [4.78, 5) is 25.5. The molecule has 5 nitrogen and oxygen atoms in total. The lowest BCUT2D eigenvalue weighted by atomic mass is 9.83. The molecular weight excluding hydrogens is 294 g/mol. The van der Waals surface area contributed by atoms with Gasteiger partial charge in [-0.05, 0) is 18.6 Å². The van der Waals surface area contributed by atoms with Crippen LogP contribution in [0.3, 0.4) is 0 Å². The van der Waals surface area contributed by atoms with Gasteiger partial charge in [-0.15, -0.1) is 0 Å². The molecule has 0 N–H and O–H groups in total. The lowest BCUT2D eigenvalue weighted by molar-refractivity contribution is -0.151. The summed E-state index contributed by atoms with van der Waals surface area (Å²) in [7, 11) is 1.94. The highest BCUT2D eigenvalue weighted by Gasteiger charge is 2.38. The minimum absolute atomic E-state index is 0.128. The molecule has 0 aromatic heterocycles. The van der Waals surface area contributed by atoms with E-state index in [-0.39, 0.29) is 24.4 Å². The molecule has 0 saturated carbocycles.